The molecule has 0 saturated carbocycles. The van der Waals surface area contributed by atoms with E-state index in [1.807, 2.05) is 50.2 Å². The summed E-state index contributed by atoms with van der Waals surface area (Å²) in [5, 5.41) is 0. The third kappa shape index (κ3) is 3.25. The predicted octanol–water partition coefficient (Wildman–Crippen LogP) is 4.71. The van der Waals surface area contributed by atoms with Crippen molar-refractivity contribution in [3.05, 3.63) is 58.1 Å². The van der Waals surface area contributed by atoms with E-state index in [9.17, 15) is 4.79 Å². The average Bonchev–Trinajstić information content (AvgIpc) is 2.39. The zero-order valence-corrected chi connectivity index (χ0v) is 13.9. The molecule has 4 heteroatoms. The minimum absolute atomic E-state index is 0.0319. The fourth-order valence-electron chi connectivity index (χ4n) is 2.07. The van der Waals surface area contributed by atoms with E-state index in [0.29, 0.717) is 17.0 Å². The van der Waals surface area contributed by atoms with Crippen LogP contribution in [0, 0.1) is 6.92 Å². The van der Waals surface area contributed by atoms with Gasteiger partial charge in [0.25, 0.3) is 5.91 Å². The molecule has 0 bridgehead atoms. The molecule has 104 valence electrons. The van der Waals surface area contributed by atoms with Gasteiger partial charge in [-0.05, 0) is 49.7 Å². The molecule has 0 fully saturated rings. The highest BCUT2D eigenvalue weighted by atomic mass is 79.9. The highest BCUT2D eigenvalue weighted by Gasteiger charge is 2.18. The highest BCUT2D eigenvalue weighted by Crippen LogP contribution is 2.24. The van der Waals surface area contributed by atoms with Crippen molar-refractivity contribution in [1.29, 1.82) is 0 Å². The Morgan fingerprint density at radius 3 is 2.60 bits per heavy atom. The van der Waals surface area contributed by atoms with Crippen LogP contribution >= 0.6 is 28.6 Å². The second kappa shape index (κ2) is 6.46. The number of anilines is 1. The number of rotatable bonds is 3. The standard InChI is InChI=1S/C16H16BrNOS/c1-3-18(13-6-4-5-11(2)9-13)16(19)14-8-7-12(17)10-15(14)20/h4-10,20H,3H2,1-2H3. The highest BCUT2D eigenvalue weighted by molar-refractivity contribution is 9.10. The van der Waals surface area contributed by atoms with E-state index in [1.54, 1.807) is 11.0 Å². The number of hydrogen-bond acceptors (Lipinski definition) is 2. The molecular weight excluding hydrogens is 334 g/mol. The fourth-order valence-corrected chi connectivity index (χ4v) is 2.92. The quantitative estimate of drug-likeness (QED) is 0.795. The molecule has 0 radical (unpaired) electrons. The molecule has 2 aromatic carbocycles. The number of amides is 1. The topological polar surface area (TPSA) is 20.3 Å². The zero-order valence-electron chi connectivity index (χ0n) is 11.4. The Bertz CT molecular complexity index is 642. The van der Waals surface area contributed by atoms with Crippen LogP contribution in [0.1, 0.15) is 22.8 Å². The first kappa shape index (κ1) is 15.1. The number of carbonyl (C=O) groups excluding carboxylic acids is 1. The summed E-state index contributed by atoms with van der Waals surface area (Å²) in [7, 11) is 0. The number of hydrogen-bond donors (Lipinski definition) is 1. The van der Waals surface area contributed by atoms with Crippen molar-refractivity contribution in [2.75, 3.05) is 11.4 Å². The van der Waals surface area contributed by atoms with E-state index in [0.717, 1.165) is 15.7 Å². The van der Waals surface area contributed by atoms with Gasteiger partial charge in [0.05, 0.1) is 5.56 Å². The third-order valence-corrected chi connectivity index (χ3v) is 3.93. The van der Waals surface area contributed by atoms with E-state index >= 15 is 0 Å². The van der Waals surface area contributed by atoms with E-state index in [1.165, 1.54) is 0 Å². The first-order valence-corrected chi connectivity index (χ1v) is 7.64. The van der Waals surface area contributed by atoms with Crippen LogP contribution in [-0.4, -0.2) is 12.5 Å². The van der Waals surface area contributed by atoms with Crippen LogP contribution in [0.15, 0.2) is 51.8 Å². The van der Waals surface area contributed by atoms with Gasteiger partial charge in [-0.15, -0.1) is 12.6 Å². The number of halogens is 1. The van der Waals surface area contributed by atoms with Crippen molar-refractivity contribution in [3.63, 3.8) is 0 Å². The molecule has 0 heterocycles. The van der Waals surface area contributed by atoms with Crippen LogP contribution in [0.5, 0.6) is 0 Å². The lowest BCUT2D eigenvalue weighted by Gasteiger charge is -2.22. The number of aryl methyl sites for hydroxylation is 1. The van der Waals surface area contributed by atoms with Gasteiger partial charge in [0.1, 0.15) is 0 Å². The van der Waals surface area contributed by atoms with Crippen molar-refractivity contribution in [3.8, 4) is 0 Å². The number of carbonyl (C=O) groups is 1. The maximum Gasteiger partial charge on any atom is 0.259 e. The van der Waals surface area contributed by atoms with Crippen molar-refractivity contribution in [2.45, 2.75) is 18.7 Å². The van der Waals surface area contributed by atoms with Gasteiger partial charge in [0, 0.05) is 21.6 Å². The van der Waals surface area contributed by atoms with Gasteiger partial charge in [-0.3, -0.25) is 4.79 Å². The maximum absolute atomic E-state index is 12.7. The van der Waals surface area contributed by atoms with Crippen LogP contribution in [-0.2, 0) is 0 Å². The normalized spacial score (nSPS) is 10.4. The van der Waals surface area contributed by atoms with E-state index in [2.05, 4.69) is 28.6 Å². The lowest BCUT2D eigenvalue weighted by Crippen LogP contribution is -2.30. The summed E-state index contributed by atoms with van der Waals surface area (Å²) in [5.74, 6) is -0.0319. The second-order valence-corrected chi connectivity index (χ2v) is 5.95. The van der Waals surface area contributed by atoms with Crippen LogP contribution in [0.2, 0.25) is 0 Å². The molecule has 0 spiro atoms. The summed E-state index contributed by atoms with van der Waals surface area (Å²) in [5.41, 5.74) is 2.66. The van der Waals surface area contributed by atoms with Crippen molar-refractivity contribution >= 4 is 40.2 Å². The molecule has 0 aliphatic heterocycles. The second-order valence-electron chi connectivity index (χ2n) is 4.55. The van der Waals surface area contributed by atoms with E-state index in [4.69, 9.17) is 0 Å². The molecule has 0 N–H and O–H groups in total. The van der Waals surface area contributed by atoms with Gasteiger partial charge in [-0.1, -0.05) is 28.1 Å². The molecular formula is C16H16BrNOS. The Morgan fingerprint density at radius 1 is 1.25 bits per heavy atom. The van der Waals surface area contributed by atoms with Crippen LogP contribution in [0.3, 0.4) is 0 Å². The van der Waals surface area contributed by atoms with Crippen LogP contribution in [0.25, 0.3) is 0 Å². The molecule has 0 saturated heterocycles. The number of benzene rings is 2. The largest absolute Gasteiger partial charge is 0.309 e. The summed E-state index contributed by atoms with van der Waals surface area (Å²) in [6.07, 6.45) is 0. The Kier molecular flexibility index (Phi) is 4.89. The summed E-state index contributed by atoms with van der Waals surface area (Å²) >= 11 is 7.78. The Morgan fingerprint density at radius 2 is 2.00 bits per heavy atom. The Balaban J connectivity index is 2.39. The third-order valence-electron chi connectivity index (χ3n) is 3.06. The van der Waals surface area contributed by atoms with Gasteiger partial charge in [-0.2, -0.15) is 0 Å². The molecule has 2 aromatic rings. The maximum atomic E-state index is 12.7. The van der Waals surface area contributed by atoms with Crippen molar-refractivity contribution < 1.29 is 4.79 Å². The molecule has 2 rings (SSSR count). The average molecular weight is 350 g/mol. The summed E-state index contributed by atoms with van der Waals surface area (Å²) in [6, 6.07) is 13.4. The van der Waals surface area contributed by atoms with Gasteiger partial charge in [0.2, 0.25) is 0 Å². The van der Waals surface area contributed by atoms with E-state index in [-0.39, 0.29) is 5.91 Å². The molecule has 0 unspecified atom stereocenters. The van der Waals surface area contributed by atoms with Crippen LogP contribution < -0.4 is 4.90 Å². The van der Waals surface area contributed by atoms with Crippen LogP contribution in [0.4, 0.5) is 5.69 Å². The van der Waals surface area contributed by atoms with Gasteiger partial charge < -0.3 is 4.90 Å². The Labute approximate surface area is 133 Å². The molecule has 0 aliphatic rings. The van der Waals surface area contributed by atoms with Crippen molar-refractivity contribution in [1.82, 2.24) is 0 Å². The molecule has 2 nitrogen and oxygen atoms in total. The van der Waals surface area contributed by atoms with Gasteiger partial charge >= 0.3 is 0 Å². The zero-order chi connectivity index (χ0) is 14.7. The van der Waals surface area contributed by atoms with Gasteiger partial charge in [0.15, 0.2) is 0 Å². The molecule has 0 atom stereocenters. The SMILES string of the molecule is CCN(C(=O)c1ccc(Br)cc1S)c1cccc(C)c1. The lowest BCUT2D eigenvalue weighted by atomic mass is 10.1. The lowest BCUT2D eigenvalue weighted by molar-refractivity contribution is 0.0985. The molecule has 0 aliphatic carbocycles. The summed E-state index contributed by atoms with van der Waals surface area (Å²) in [6.45, 7) is 4.61. The van der Waals surface area contributed by atoms with Gasteiger partial charge in [-0.25, -0.2) is 0 Å². The number of thiol groups is 1. The fraction of sp³-hybridized carbons (Fsp3) is 0.188. The molecule has 20 heavy (non-hydrogen) atoms. The summed E-state index contributed by atoms with van der Waals surface area (Å²) in [4.78, 5) is 15.1. The monoisotopic (exact) mass is 349 g/mol. The minimum Gasteiger partial charge on any atom is -0.309 e. The smallest absolute Gasteiger partial charge is 0.259 e. The summed E-state index contributed by atoms with van der Waals surface area (Å²) < 4.78 is 0.914. The Hall–Kier alpha value is -1.26. The predicted molar refractivity (Wildman–Crippen MR) is 89.9 cm³/mol. The minimum atomic E-state index is -0.0319. The van der Waals surface area contributed by atoms with Crippen molar-refractivity contribution in [2.24, 2.45) is 0 Å². The number of nitrogens with zero attached hydrogens (tertiary/aromatic N) is 1. The first-order chi connectivity index (χ1) is 9.52. The van der Waals surface area contributed by atoms with E-state index < -0.39 is 0 Å². The first-order valence-electron chi connectivity index (χ1n) is 6.40. The molecule has 1 amide bonds. The molecule has 0 aromatic heterocycles.